The molecule has 3 aliphatic rings. The molecular formula is C19H31N3O3. The van der Waals surface area contributed by atoms with E-state index in [1.54, 1.807) is 6.92 Å². The van der Waals surface area contributed by atoms with Gasteiger partial charge in [-0.05, 0) is 45.4 Å². The number of ether oxygens (including phenoxy) is 1. The molecule has 2 saturated carbocycles. The Morgan fingerprint density at radius 1 is 1.20 bits per heavy atom. The molecular weight excluding hydrogens is 318 g/mol. The Labute approximate surface area is 150 Å². The molecule has 140 valence electrons. The van der Waals surface area contributed by atoms with E-state index in [1.165, 1.54) is 44.9 Å². The number of nitrogens with zero attached hydrogens (tertiary/aromatic N) is 1. The van der Waals surface area contributed by atoms with Crippen LogP contribution < -0.4 is 10.6 Å². The molecule has 1 unspecified atom stereocenters. The number of esters is 1. The lowest BCUT2D eigenvalue weighted by molar-refractivity contribution is -0.139. The SMILES string of the molecule is CCOC(=O)C1=C(CN(CC2CC2)C2CCCCC2)NC(=O)NC1C. The Morgan fingerprint density at radius 2 is 1.92 bits per heavy atom. The predicted molar refractivity (Wildman–Crippen MR) is 96.0 cm³/mol. The lowest BCUT2D eigenvalue weighted by Crippen LogP contribution is -2.52. The molecule has 0 aromatic heterocycles. The first kappa shape index (κ1) is 18.2. The highest BCUT2D eigenvalue weighted by Gasteiger charge is 2.34. The van der Waals surface area contributed by atoms with Gasteiger partial charge >= 0.3 is 12.0 Å². The van der Waals surface area contributed by atoms with E-state index in [2.05, 4.69) is 15.5 Å². The highest BCUT2D eigenvalue weighted by atomic mass is 16.5. The average Bonchev–Trinajstić information content (AvgIpc) is 3.39. The van der Waals surface area contributed by atoms with Crippen LogP contribution in [0.15, 0.2) is 11.3 Å². The first-order valence-corrected chi connectivity index (χ1v) is 9.80. The lowest BCUT2D eigenvalue weighted by atomic mass is 9.93. The predicted octanol–water partition coefficient (Wildman–Crippen LogP) is 2.55. The largest absolute Gasteiger partial charge is 0.463 e. The third kappa shape index (κ3) is 4.75. The summed E-state index contributed by atoms with van der Waals surface area (Å²) in [6.07, 6.45) is 8.92. The molecule has 0 bridgehead atoms. The molecule has 25 heavy (non-hydrogen) atoms. The summed E-state index contributed by atoms with van der Waals surface area (Å²) in [5.74, 6) is 0.455. The molecule has 0 saturated heterocycles. The van der Waals surface area contributed by atoms with Gasteiger partial charge in [-0.25, -0.2) is 9.59 Å². The van der Waals surface area contributed by atoms with Crippen molar-refractivity contribution in [3.63, 3.8) is 0 Å². The van der Waals surface area contributed by atoms with E-state index in [4.69, 9.17) is 4.74 Å². The third-order valence-corrected chi connectivity index (χ3v) is 5.51. The van der Waals surface area contributed by atoms with Gasteiger partial charge in [-0.2, -0.15) is 0 Å². The number of carbonyl (C=O) groups excluding carboxylic acids is 2. The Bertz CT molecular complexity index is 536. The number of urea groups is 1. The molecule has 6 heteroatoms. The van der Waals surface area contributed by atoms with Gasteiger partial charge < -0.3 is 15.4 Å². The molecule has 0 spiro atoms. The molecule has 1 heterocycles. The summed E-state index contributed by atoms with van der Waals surface area (Å²) in [6.45, 7) is 5.69. The zero-order valence-electron chi connectivity index (χ0n) is 15.5. The summed E-state index contributed by atoms with van der Waals surface area (Å²) in [6, 6.07) is 0.00915. The van der Waals surface area contributed by atoms with Gasteiger partial charge in [0, 0.05) is 24.8 Å². The summed E-state index contributed by atoms with van der Waals surface area (Å²) >= 11 is 0. The van der Waals surface area contributed by atoms with Gasteiger partial charge in [0.15, 0.2) is 0 Å². The number of hydrogen-bond acceptors (Lipinski definition) is 4. The van der Waals surface area contributed by atoms with Crippen molar-refractivity contribution in [3.05, 3.63) is 11.3 Å². The number of hydrogen-bond donors (Lipinski definition) is 2. The van der Waals surface area contributed by atoms with Gasteiger partial charge in [-0.15, -0.1) is 0 Å². The van der Waals surface area contributed by atoms with E-state index < -0.39 is 0 Å². The Morgan fingerprint density at radius 3 is 2.56 bits per heavy atom. The van der Waals surface area contributed by atoms with Gasteiger partial charge in [0.25, 0.3) is 0 Å². The van der Waals surface area contributed by atoms with Crippen LogP contribution in [0.2, 0.25) is 0 Å². The second kappa shape index (κ2) is 8.21. The van der Waals surface area contributed by atoms with Crippen molar-refractivity contribution in [3.8, 4) is 0 Å². The van der Waals surface area contributed by atoms with E-state index in [-0.39, 0.29) is 18.0 Å². The third-order valence-electron chi connectivity index (χ3n) is 5.51. The normalized spacial score (nSPS) is 24.9. The second-order valence-electron chi connectivity index (χ2n) is 7.60. The minimum atomic E-state index is -0.326. The first-order valence-electron chi connectivity index (χ1n) is 9.80. The minimum Gasteiger partial charge on any atom is -0.463 e. The maximum Gasteiger partial charge on any atom is 0.337 e. The topological polar surface area (TPSA) is 70.7 Å². The highest BCUT2D eigenvalue weighted by Crippen LogP contribution is 2.33. The van der Waals surface area contributed by atoms with E-state index in [1.807, 2.05) is 6.92 Å². The number of rotatable bonds is 7. The van der Waals surface area contributed by atoms with Gasteiger partial charge in [-0.1, -0.05) is 19.3 Å². The molecule has 2 fully saturated rings. The van der Waals surface area contributed by atoms with Crippen molar-refractivity contribution in [2.45, 2.75) is 70.9 Å². The van der Waals surface area contributed by atoms with Crippen LogP contribution in [0.4, 0.5) is 4.79 Å². The molecule has 0 radical (unpaired) electrons. The summed E-state index contributed by atoms with van der Waals surface area (Å²) in [5, 5.41) is 5.66. The number of carbonyl (C=O) groups is 2. The minimum absolute atomic E-state index is 0.231. The van der Waals surface area contributed by atoms with Gasteiger partial charge in [0.05, 0.1) is 18.2 Å². The molecule has 1 atom stereocenters. The molecule has 2 N–H and O–H groups in total. The fourth-order valence-corrected chi connectivity index (χ4v) is 4.03. The number of nitrogens with one attached hydrogen (secondary N) is 2. The van der Waals surface area contributed by atoms with Crippen LogP contribution in [0.3, 0.4) is 0 Å². The molecule has 0 aromatic carbocycles. The number of amides is 2. The smallest absolute Gasteiger partial charge is 0.337 e. The zero-order chi connectivity index (χ0) is 17.8. The van der Waals surface area contributed by atoms with E-state index in [0.717, 1.165) is 18.2 Å². The summed E-state index contributed by atoms with van der Waals surface area (Å²) in [5.41, 5.74) is 1.29. The van der Waals surface area contributed by atoms with Crippen molar-refractivity contribution in [2.75, 3.05) is 19.7 Å². The Kier molecular flexibility index (Phi) is 5.99. The standard InChI is InChI=1S/C19H31N3O3/c1-3-25-18(23)17-13(2)20-19(24)21-16(17)12-22(11-14-9-10-14)15-7-5-4-6-8-15/h13-15H,3-12H2,1-2H3,(H2,20,21,24). The molecule has 0 aromatic rings. The lowest BCUT2D eigenvalue weighted by Gasteiger charge is -2.37. The highest BCUT2D eigenvalue weighted by molar-refractivity contribution is 5.94. The quantitative estimate of drug-likeness (QED) is 0.693. The van der Waals surface area contributed by atoms with Crippen molar-refractivity contribution in [1.29, 1.82) is 0 Å². The summed E-state index contributed by atoms with van der Waals surface area (Å²) < 4.78 is 5.23. The van der Waals surface area contributed by atoms with Crippen molar-refractivity contribution in [1.82, 2.24) is 15.5 Å². The van der Waals surface area contributed by atoms with Crippen molar-refractivity contribution < 1.29 is 14.3 Å². The Balaban J connectivity index is 1.80. The van der Waals surface area contributed by atoms with Gasteiger partial charge in [0.2, 0.25) is 0 Å². The summed E-state index contributed by atoms with van der Waals surface area (Å²) in [7, 11) is 0. The Hall–Kier alpha value is -1.56. The average molecular weight is 349 g/mol. The van der Waals surface area contributed by atoms with Crippen molar-refractivity contribution in [2.24, 2.45) is 5.92 Å². The maximum atomic E-state index is 12.4. The van der Waals surface area contributed by atoms with Crippen LogP contribution in [-0.4, -0.2) is 48.7 Å². The molecule has 3 rings (SSSR count). The van der Waals surface area contributed by atoms with Crippen LogP contribution in [0, 0.1) is 5.92 Å². The molecule has 6 nitrogen and oxygen atoms in total. The molecule has 2 aliphatic carbocycles. The van der Waals surface area contributed by atoms with Crippen LogP contribution in [0.1, 0.15) is 58.8 Å². The fourth-order valence-electron chi connectivity index (χ4n) is 4.03. The van der Waals surface area contributed by atoms with Crippen LogP contribution in [-0.2, 0) is 9.53 Å². The van der Waals surface area contributed by atoms with E-state index in [0.29, 0.717) is 24.8 Å². The van der Waals surface area contributed by atoms with Gasteiger partial charge in [0.1, 0.15) is 0 Å². The fraction of sp³-hybridized carbons (Fsp3) is 0.789. The van der Waals surface area contributed by atoms with Gasteiger partial charge in [-0.3, -0.25) is 4.90 Å². The van der Waals surface area contributed by atoms with Crippen LogP contribution in [0.25, 0.3) is 0 Å². The zero-order valence-corrected chi connectivity index (χ0v) is 15.5. The second-order valence-corrected chi connectivity index (χ2v) is 7.60. The van der Waals surface area contributed by atoms with Crippen molar-refractivity contribution >= 4 is 12.0 Å². The van der Waals surface area contributed by atoms with Crippen LogP contribution in [0.5, 0.6) is 0 Å². The molecule has 1 aliphatic heterocycles. The monoisotopic (exact) mass is 349 g/mol. The summed E-state index contributed by atoms with van der Waals surface area (Å²) in [4.78, 5) is 26.9. The maximum absolute atomic E-state index is 12.4. The van der Waals surface area contributed by atoms with E-state index in [9.17, 15) is 9.59 Å². The first-order chi connectivity index (χ1) is 12.1. The molecule has 2 amide bonds. The van der Waals surface area contributed by atoms with E-state index >= 15 is 0 Å². The van der Waals surface area contributed by atoms with Crippen LogP contribution >= 0.6 is 0 Å².